The number of anilines is 1. The van der Waals surface area contributed by atoms with Gasteiger partial charge in [0.15, 0.2) is 0 Å². The minimum Gasteiger partial charge on any atom is -0.367 e. The molecule has 0 radical (unpaired) electrons. The number of nitrogens with zero attached hydrogens (tertiary/aromatic N) is 2. The van der Waals surface area contributed by atoms with E-state index in [1.807, 2.05) is 0 Å². The highest BCUT2D eigenvalue weighted by atomic mass is 35.5. The fourth-order valence-corrected chi connectivity index (χ4v) is 1.78. The molecule has 1 fully saturated rings. The highest BCUT2D eigenvalue weighted by molar-refractivity contribution is 6.28. The molecule has 1 aliphatic rings. The van der Waals surface area contributed by atoms with Gasteiger partial charge in [0.1, 0.15) is 11.6 Å². The molecule has 0 amide bonds. The van der Waals surface area contributed by atoms with Crippen molar-refractivity contribution in [3.8, 4) is 0 Å². The van der Waals surface area contributed by atoms with Crippen LogP contribution in [0.25, 0.3) is 10.9 Å². The minimum absolute atomic E-state index is 0.140. The van der Waals surface area contributed by atoms with Gasteiger partial charge >= 0.3 is 0 Å². The Morgan fingerprint density at radius 1 is 1.31 bits per heavy atom. The Bertz CT molecular complexity index is 549. The monoisotopic (exact) mass is 237 g/mol. The lowest BCUT2D eigenvalue weighted by Gasteiger charge is -2.07. The van der Waals surface area contributed by atoms with Crippen molar-refractivity contribution in [2.45, 2.75) is 18.9 Å². The number of aromatic nitrogens is 2. The molecule has 3 rings (SSSR count). The van der Waals surface area contributed by atoms with Gasteiger partial charge in [-0.15, -0.1) is 0 Å². The van der Waals surface area contributed by atoms with E-state index >= 15 is 0 Å². The first-order valence-corrected chi connectivity index (χ1v) is 5.49. The molecule has 1 aliphatic carbocycles. The molecule has 16 heavy (non-hydrogen) atoms. The number of benzene rings is 1. The normalized spacial score (nSPS) is 15.4. The highest BCUT2D eigenvalue weighted by Gasteiger charge is 2.22. The van der Waals surface area contributed by atoms with E-state index in [2.05, 4.69) is 15.3 Å². The maximum absolute atomic E-state index is 13.1. The van der Waals surface area contributed by atoms with Gasteiger partial charge in [0, 0.05) is 17.5 Å². The molecule has 1 heterocycles. The Morgan fingerprint density at radius 2 is 2.12 bits per heavy atom. The second-order valence-corrected chi connectivity index (χ2v) is 4.26. The fraction of sp³-hybridized carbons (Fsp3) is 0.273. The number of hydrogen-bond acceptors (Lipinski definition) is 3. The molecule has 0 aliphatic heterocycles. The van der Waals surface area contributed by atoms with E-state index in [0.29, 0.717) is 17.4 Å². The predicted molar refractivity (Wildman–Crippen MR) is 61.2 cm³/mol. The van der Waals surface area contributed by atoms with Crippen LogP contribution in [0.2, 0.25) is 5.28 Å². The van der Waals surface area contributed by atoms with Crippen LogP contribution in [-0.2, 0) is 0 Å². The first-order chi connectivity index (χ1) is 7.72. The summed E-state index contributed by atoms with van der Waals surface area (Å²) in [6.07, 6.45) is 2.29. The topological polar surface area (TPSA) is 37.8 Å². The van der Waals surface area contributed by atoms with Gasteiger partial charge < -0.3 is 5.32 Å². The maximum Gasteiger partial charge on any atom is 0.224 e. The van der Waals surface area contributed by atoms with Crippen LogP contribution in [0.4, 0.5) is 10.2 Å². The number of halogens is 2. The summed E-state index contributed by atoms with van der Waals surface area (Å²) in [5, 5.41) is 4.20. The lowest BCUT2D eigenvalue weighted by atomic mass is 10.2. The third-order valence-electron chi connectivity index (χ3n) is 2.55. The number of nitrogens with one attached hydrogen (secondary N) is 1. The lowest BCUT2D eigenvalue weighted by Crippen LogP contribution is -2.04. The molecule has 82 valence electrons. The molecule has 3 nitrogen and oxygen atoms in total. The molecule has 1 N–H and O–H groups in total. The van der Waals surface area contributed by atoms with Crippen molar-refractivity contribution >= 4 is 28.3 Å². The smallest absolute Gasteiger partial charge is 0.224 e. The molecule has 1 saturated carbocycles. The molecular formula is C11H9ClFN3. The van der Waals surface area contributed by atoms with Crippen molar-refractivity contribution in [1.82, 2.24) is 9.97 Å². The van der Waals surface area contributed by atoms with Gasteiger partial charge in [-0.3, -0.25) is 0 Å². The first-order valence-electron chi connectivity index (χ1n) is 5.12. The first kappa shape index (κ1) is 9.78. The van der Waals surface area contributed by atoms with E-state index in [9.17, 15) is 4.39 Å². The zero-order chi connectivity index (χ0) is 11.1. The molecule has 2 aromatic rings. The highest BCUT2D eigenvalue weighted by Crippen LogP contribution is 2.28. The van der Waals surface area contributed by atoms with Crippen molar-refractivity contribution < 1.29 is 4.39 Å². The van der Waals surface area contributed by atoms with E-state index in [0.717, 1.165) is 18.2 Å². The zero-order valence-electron chi connectivity index (χ0n) is 8.37. The minimum atomic E-state index is -0.320. The largest absolute Gasteiger partial charge is 0.367 e. The van der Waals surface area contributed by atoms with Crippen LogP contribution >= 0.6 is 11.6 Å². The van der Waals surface area contributed by atoms with E-state index < -0.39 is 0 Å². The van der Waals surface area contributed by atoms with Crippen molar-refractivity contribution in [1.29, 1.82) is 0 Å². The summed E-state index contributed by atoms with van der Waals surface area (Å²) in [5.41, 5.74) is 0.531. The fourth-order valence-electron chi connectivity index (χ4n) is 1.61. The van der Waals surface area contributed by atoms with Crippen LogP contribution in [0.3, 0.4) is 0 Å². The molecule has 0 unspecified atom stereocenters. The van der Waals surface area contributed by atoms with Crippen LogP contribution in [0, 0.1) is 5.82 Å². The Kier molecular flexibility index (Phi) is 2.17. The van der Waals surface area contributed by atoms with Crippen molar-refractivity contribution in [3.63, 3.8) is 0 Å². The molecule has 0 bridgehead atoms. The van der Waals surface area contributed by atoms with Gasteiger partial charge in [-0.2, -0.15) is 0 Å². The van der Waals surface area contributed by atoms with Gasteiger partial charge in [-0.05, 0) is 36.6 Å². The third kappa shape index (κ3) is 1.80. The van der Waals surface area contributed by atoms with E-state index in [1.165, 1.54) is 12.1 Å². The van der Waals surface area contributed by atoms with Crippen molar-refractivity contribution in [2.75, 3.05) is 5.32 Å². The average molecular weight is 238 g/mol. The summed E-state index contributed by atoms with van der Waals surface area (Å²) in [6.45, 7) is 0. The quantitative estimate of drug-likeness (QED) is 0.816. The molecule has 1 aromatic heterocycles. The summed E-state index contributed by atoms with van der Waals surface area (Å²) < 4.78 is 13.1. The standard InChI is InChI=1S/C11H9ClFN3/c12-11-15-9-5-6(13)1-4-8(9)10(16-11)14-7-2-3-7/h1,4-5,7H,2-3H2,(H,14,15,16). The van der Waals surface area contributed by atoms with Crippen LogP contribution in [0.15, 0.2) is 18.2 Å². The van der Waals surface area contributed by atoms with Gasteiger partial charge in [-0.25, -0.2) is 14.4 Å². The van der Waals surface area contributed by atoms with Crippen molar-refractivity contribution in [2.24, 2.45) is 0 Å². The molecule has 0 saturated heterocycles. The number of fused-ring (bicyclic) bond motifs is 1. The van der Waals surface area contributed by atoms with Crippen molar-refractivity contribution in [3.05, 3.63) is 29.3 Å². The number of rotatable bonds is 2. The van der Waals surface area contributed by atoms with Crippen LogP contribution < -0.4 is 5.32 Å². The summed E-state index contributed by atoms with van der Waals surface area (Å²) in [6, 6.07) is 4.91. The SMILES string of the molecule is Fc1ccc2c(NC3CC3)nc(Cl)nc2c1. The third-order valence-corrected chi connectivity index (χ3v) is 2.72. The lowest BCUT2D eigenvalue weighted by molar-refractivity contribution is 0.629. The van der Waals surface area contributed by atoms with E-state index in [4.69, 9.17) is 11.6 Å². The van der Waals surface area contributed by atoms with Gasteiger partial charge in [0.05, 0.1) is 5.52 Å². The van der Waals surface area contributed by atoms with E-state index in [-0.39, 0.29) is 11.1 Å². The van der Waals surface area contributed by atoms with E-state index in [1.54, 1.807) is 6.07 Å². The Hall–Kier alpha value is -1.42. The van der Waals surface area contributed by atoms with Gasteiger partial charge in [0.2, 0.25) is 5.28 Å². The summed E-state index contributed by atoms with van der Waals surface area (Å²) in [4.78, 5) is 8.13. The second kappa shape index (κ2) is 3.56. The molecule has 1 aromatic carbocycles. The molecule has 5 heteroatoms. The van der Waals surface area contributed by atoms with Gasteiger partial charge in [-0.1, -0.05) is 0 Å². The second-order valence-electron chi connectivity index (χ2n) is 3.92. The van der Waals surface area contributed by atoms with Gasteiger partial charge in [0.25, 0.3) is 0 Å². The van der Waals surface area contributed by atoms with Crippen LogP contribution in [0.5, 0.6) is 0 Å². The summed E-state index contributed by atoms with van der Waals surface area (Å²) in [5.74, 6) is 0.372. The Morgan fingerprint density at radius 3 is 2.88 bits per heavy atom. The summed E-state index contributed by atoms with van der Waals surface area (Å²) >= 11 is 5.80. The molecule has 0 spiro atoms. The number of hydrogen-bond donors (Lipinski definition) is 1. The molecular weight excluding hydrogens is 229 g/mol. The Balaban J connectivity index is 2.16. The predicted octanol–water partition coefficient (Wildman–Crippen LogP) is 3.00. The van der Waals surface area contributed by atoms with Crippen LogP contribution in [-0.4, -0.2) is 16.0 Å². The average Bonchev–Trinajstić information content (AvgIpc) is 3.00. The van der Waals surface area contributed by atoms with Crippen LogP contribution in [0.1, 0.15) is 12.8 Å². The molecule has 0 atom stereocenters. The maximum atomic E-state index is 13.1. The Labute approximate surface area is 96.7 Å². The zero-order valence-corrected chi connectivity index (χ0v) is 9.13. The summed E-state index contributed by atoms with van der Waals surface area (Å²) in [7, 11) is 0.